The molecule has 2 aromatic carbocycles. The molecule has 0 atom stereocenters. The highest BCUT2D eigenvalue weighted by Crippen LogP contribution is 2.26. The number of aryl methyl sites for hydroxylation is 1. The predicted molar refractivity (Wildman–Crippen MR) is 106 cm³/mol. The molecule has 154 valence electrons. The number of nitro groups is 1. The molecule has 0 radical (unpaired) electrons. The normalized spacial score (nSPS) is 14.5. The number of carbonyl (C=O) groups is 1. The molecule has 1 N–H and O–H groups in total. The third kappa shape index (κ3) is 4.90. The van der Waals surface area contributed by atoms with Crippen molar-refractivity contribution < 1.29 is 22.9 Å². The molecule has 0 aliphatic carbocycles. The van der Waals surface area contributed by atoms with E-state index in [4.69, 9.17) is 4.74 Å². The zero-order chi connectivity index (χ0) is 21.0. The van der Waals surface area contributed by atoms with Crippen molar-refractivity contribution in [2.75, 3.05) is 25.0 Å². The van der Waals surface area contributed by atoms with Crippen molar-refractivity contribution in [3.05, 3.63) is 58.1 Å². The summed E-state index contributed by atoms with van der Waals surface area (Å²) < 4.78 is 32.2. The van der Waals surface area contributed by atoms with Crippen LogP contribution < -0.4 is 10.1 Å². The van der Waals surface area contributed by atoms with Crippen molar-refractivity contribution in [2.24, 2.45) is 0 Å². The monoisotopic (exact) mass is 419 g/mol. The molecule has 1 aliphatic rings. The Bertz CT molecular complexity index is 1030. The van der Waals surface area contributed by atoms with E-state index in [9.17, 15) is 23.3 Å². The number of hydrogen-bond acceptors (Lipinski definition) is 6. The highest BCUT2D eigenvalue weighted by atomic mass is 32.2. The van der Waals surface area contributed by atoms with E-state index >= 15 is 0 Å². The van der Waals surface area contributed by atoms with Gasteiger partial charge in [0, 0.05) is 30.9 Å². The maximum Gasteiger partial charge on any atom is 0.271 e. The van der Waals surface area contributed by atoms with Crippen LogP contribution in [0.2, 0.25) is 0 Å². The lowest BCUT2D eigenvalue weighted by Gasteiger charge is -2.17. The molecule has 1 amide bonds. The zero-order valence-corrected chi connectivity index (χ0v) is 16.6. The quantitative estimate of drug-likeness (QED) is 0.544. The van der Waals surface area contributed by atoms with Gasteiger partial charge in [-0.1, -0.05) is 6.07 Å². The van der Waals surface area contributed by atoms with E-state index in [1.54, 1.807) is 6.92 Å². The van der Waals surface area contributed by atoms with Crippen LogP contribution in [-0.2, 0) is 14.8 Å². The van der Waals surface area contributed by atoms with Gasteiger partial charge in [0.1, 0.15) is 5.75 Å². The van der Waals surface area contributed by atoms with Gasteiger partial charge in [0.05, 0.1) is 9.82 Å². The second-order valence-corrected chi connectivity index (χ2v) is 8.62. The van der Waals surface area contributed by atoms with Crippen LogP contribution in [-0.4, -0.2) is 43.2 Å². The van der Waals surface area contributed by atoms with Gasteiger partial charge in [-0.15, -0.1) is 0 Å². The standard InChI is InChI=1S/C19H21N3O6S/c1-14-11-17(29(26,27)21-9-2-3-10-21)7-8-18(14)28-13-19(23)20-15-5-4-6-16(12-15)22(24)25/h4-8,11-12H,2-3,9-10,13H2,1H3,(H,20,23). The largest absolute Gasteiger partial charge is 0.483 e. The smallest absolute Gasteiger partial charge is 0.271 e. The van der Waals surface area contributed by atoms with Crippen molar-refractivity contribution in [1.82, 2.24) is 4.31 Å². The van der Waals surface area contributed by atoms with E-state index in [2.05, 4.69) is 5.32 Å². The lowest BCUT2D eigenvalue weighted by molar-refractivity contribution is -0.384. The fraction of sp³-hybridized carbons (Fsp3) is 0.316. The Labute approximate surface area is 168 Å². The molecular weight excluding hydrogens is 398 g/mol. The van der Waals surface area contributed by atoms with Crippen molar-refractivity contribution in [3.8, 4) is 5.75 Å². The Balaban J connectivity index is 1.63. The van der Waals surface area contributed by atoms with Gasteiger partial charge in [-0.05, 0) is 49.6 Å². The van der Waals surface area contributed by atoms with Gasteiger partial charge in [0.2, 0.25) is 10.0 Å². The Morgan fingerprint density at radius 2 is 1.93 bits per heavy atom. The molecule has 1 aliphatic heterocycles. The van der Waals surface area contributed by atoms with Crippen molar-refractivity contribution in [3.63, 3.8) is 0 Å². The molecule has 0 bridgehead atoms. The minimum Gasteiger partial charge on any atom is -0.483 e. The van der Waals surface area contributed by atoms with Crippen LogP contribution in [0, 0.1) is 17.0 Å². The summed E-state index contributed by atoms with van der Waals surface area (Å²) >= 11 is 0. The van der Waals surface area contributed by atoms with Crippen molar-refractivity contribution >= 4 is 27.3 Å². The van der Waals surface area contributed by atoms with Crippen molar-refractivity contribution in [2.45, 2.75) is 24.7 Å². The van der Waals surface area contributed by atoms with E-state index in [0.29, 0.717) is 24.4 Å². The minimum absolute atomic E-state index is 0.130. The van der Waals surface area contributed by atoms with Gasteiger partial charge >= 0.3 is 0 Å². The van der Waals surface area contributed by atoms with E-state index in [1.165, 1.54) is 46.8 Å². The zero-order valence-electron chi connectivity index (χ0n) is 15.8. The summed E-state index contributed by atoms with van der Waals surface area (Å²) in [5, 5.41) is 13.3. The Kier molecular flexibility index (Phi) is 6.14. The lowest BCUT2D eigenvalue weighted by atomic mass is 10.2. The molecule has 0 saturated carbocycles. The first kappa shape index (κ1) is 20.7. The third-order valence-electron chi connectivity index (χ3n) is 4.55. The fourth-order valence-electron chi connectivity index (χ4n) is 3.06. The van der Waals surface area contributed by atoms with Crippen LogP contribution in [0.4, 0.5) is 11.4 Å². The maximum absolute atomic E-state index is 12.6. The SMILES string of the molecule is Cc1cc(S(=O)(=O)N2CCCC2)ccc1OCC(=O)Nc1cccc([N+](=O)[O-])c1. The molecule has 9 nitrogen and oxygen atoms in total. The fourth-order valence-corrected chi connectivity index (χ4v) is 4.66. The number of hydrogen-bond donors (Lipinski definition) is 1. The lowest BCUT2D eigenvalue weighted by Crippen LogP contribution is -2.27. The first-order valence-corrected chi connectivity index (χ1v) is 10.5. The topological polar surface area (TPSA) is 119 Å². The average Bonchev–Trinajstić information content (AvgIpc) is 3.23. The Morgan fingerprint density at radius 3 is 2.59 bits per heavy atom. The van der Waals surface area contributed by atoms with Crippen LogP contribution in [0.25, 0.3) is 0 Å². The number of nitrogens with zero attached hydrogens (tertiary/aromatic N) is 2. The van der Waals surface area contributed by atoms with Gasteiger partial charge in [-0.3, -0.25) is 14.9 Å². The summed E-state index contributed by atoms with van der Waals surface area (Å²) in [6, 6.07) is 10.1. The molecule has 29 heavy (non-hydrogen) atoms. The highest BCUT2D eigenvalue weighted by Gasteiger charge is 2.27. The van der Waals surface area contributed by atoms with E-state index in [0.717, 1.165) is 12.8 Å². The predicted octanol–water partition coefficient (Wildman–Crippen LogP) is 2.71. The number of benzene rings is 2. The average molecular weight is 419 g/mol. The number of non-ortho nitro benzene ring substituents is 1. The molecule has 1 heterocycles. The summed E-state index contributed by atoms with van der Waals surface area (Å²) in [4.78, 5) is 22.5. The number of nitrogens with one attached hydrogen (secondary N) is 1. The minimum atomic E-state index is -3.52. The summed E-state index contributed by atoms with van der Waals surface area (Å²) in [5.41, 5.74) is 0.749. The van der Waals surface area contributed by atoms with E-state index < -0.39 is 20.9 Å². The summed E-state index contributed by atoms with van der Waals surface area (Å²) in [5.74, 6) is -0.0989. The van der Waals surface area contributed by atoms with Gasteiger partial charge in [-0.25, -0.2) is 8.42 Å². The summed E-state index contributed by atoms with van der Waals surface area (Å²) in [6.07, 6.45) is 1.72. The maximum atomic E-state index is 12.6. The van der Waals surface area contributed by atoms with E-state index in [-0.39, 0.29) is 22.9 Å². The number of nitro benzene ring substituents is 1. The van der Waals surface area contributed by atoms with Gasteiger partial charge in [0.15, 0.2) is 6.61 Å². The first-order valence-electron chi connectivity index (χ1n) is 9.05. The van der Waals surface area contributed by atoms with Gasteiger partial charge in [-0.2, -0.15) is 4.31 Å². The molecule has 3 rings (SSSR count). The second kappa shape index (κ2) is 8.58. The number of amides is 1. The molecule has 2 aromatic rings. The van der Waals surface area contributed by atoms with Crippen molar-refractivity contribution in [1.29, 1.82) is 0 Å². The third-order valence-corrected chi connectivity index (χ3v) is 6.44. The number of carbonyl (C=O) groups excluding carboxylic acids is 1. The molecule has 0 unspecified atom stereocenters. The Morgan fingerprint density at radius 1 is 1.21 bits per heavy atom. The first-order chi connectivity index (χ1) is 13.8. The summed E-state index contributed by atoms with van der Waals surface area (Å²) in [6.45, 7) is 2.44. The van der Waals surface area contributed by atoms with Crippen LogP contribution in [0.1, 0.15) is 18.4 Å². The molecular formula is C19H21N3O6S. The van der Waals surface area contributed by atoms with Gasteiger partial charge < -0.3 is 10.1 Å². The van der Waals surface area contributed by atoms with Crippen LogP contribution in [0.5, 0.6) is 5.75 Å². The summed E-state index contributed by atoms with van der Waals surface area (Å²) in [7, 11) is -3.52. The molecule has 1 fully saturated rings. The van der Waals surface area contributed by atoms with E-state index in [1.807, 2.05) is 0 Å². The molecule has 10 heteroatoms. The van der Waals surface area contributed by atoms with Crippen LogP contribution in [0.3, 0.4) is 0 Å². The number of rotatable bonds is 7. The number of sulfonamides is 1. The molecule has 0 aromatic heterocycles. The molecule has 1 saturated heterocycles. The van der Waals surface area contributed by atoms with Crippen LogP contribution in [0.15, 0.2) is 47.4 Å². The second-order valence-electron chi connectivity index (χ2n) is 6.68. The Hall–Kier alpha value is -2.98. The molecule has 0 spiro atoms. The highest BCUT2D eigenvalue weighted by molar-refractivity contribution is 7.89. The number of ether oxygens (including phenoxy) is 1. The van der Waals surface area contributed by atoms with Crippen LogP contribution >= 0.6 is 0 Å². The number of anilines is 1. The van der Waals surface area contributed by atoms with Gasteiger partial charge in [0.25, 0.3) is 11.6 Å².